The van der Waals surface area contributed by atoms with E-state index < -0.39 is 0 Å². The number of hydrogen-bond acceptors (Lipinski definition) is 6. The number of amides is 1. The maximum Gasteiger partial charge on any atom is 0.242 e. The monoisotopic (exact) mass is 301 g/mol. The molecule has 2 aromatic rings. The lowest BCUT2D eigenvalue weighted by Gasteiger charge is -2.31. The summed E-state index contributed by atoms with van der Waals surface area (Å²) in [5, 5.41) is 6.56. The summed E-state index contributed by atoms with van der Waals surface area (Å²) in [6.07, 6.45) is 2.74. The minimum atomic E-state index is -0.263. The summed E-state index contributed by atoms with van der Waals surface area (Å²) in [7, 11) is 0. The number of aromatic nitrogens is 3. The Balaban J connectivity index is 1.68. The van der Waals surface area contributed by atoms with Crippen molar-refractivity contribution in [1.29, 1.82) is 0 Å². The zero-order valence-corrected chi connectivity index (χ0v) is 13.0. The highest BCUT2D eigenvalue weighted by Crippen LogP contribution is 2.19. The van der Waals surface area contributed by atoms with E-state index in [4.69, 9.17) is 4.52 Å². The van der Waals surface area contributed by atoms with Crippen molar-refractivity contribution in [3.05, 3.63) is 35.1 Å². The van der Waals surface area contributed by atoms with Gasteiger partial charge in [0.15, 0.2) is 5.82 Å². The van der Waals surface area contributed by atoms with Crippen LogP contribution in [0.4, 0.5) is 5.82 Å². The van der Waals surface area contributed by atoms with Gasteiger partial charge in [-0.2, -0.15) is 0 Å². The van der Waals surface area contributed by atoms with Gasteiger partial charge in [-0.1, -0.05) is 5.16 Å². The topological polar surface area (TPSA) is 84.2 Å². The van der Waals surface area contributed by atoms with Gasteiger partial charge in [-0.3, -0.25) is 9.69 Å². The van der Waals surface area contributed by atoms with Gasteiger partial charge in [0.2, 0.25) is 5.91 Å². The van der Waals surface area contributed by atoms with Crippen molar-refractivity contribution >= 4 is 11.7 Å². The molecule has 7 nitrogen and oxygen atoms in total. The summed E-state index contributed by atoms with van der Waals surface area (Å²) in [4.78, 5) is 23.2. The Morgan fingerprint density at radius 2 is 2.27 bits per heavy atom. The molecule has 2 aromatic heterocycles. The number of hydrogen-bond donors (Lipinski definition) is 1. The fourth-order valence-corrected chi connectivity index (χ4v) is 2.58. The number of anilines is 1. The van der Waals surface area contributed by atoms with Gasteiger partial charge in [-0.05, 0) is 32.8 Å². The van der Waals surface area contributed by atoms with Crippen LogP contribution in [-0.2, 0) is 17.8 Å². The van der Waals surface area contributed by atoms with Crippen LogP contribution in [0.15, 0.2) is 16.8 Å². The Labute approximate surface area is 128 Å². The largest absolute Gasteiger partial charge is 0.360 e. The Bertz CT molecular complexity index is 697. The van der Waals surface area contributed by atoms with Crippen molar-refractivity contribution in [2.24, 2.45) is 0 Å². The standard InChI is InChI=1S/C15H19N5O2/c1-9-6-14(19-22-9)18-15(21)10(2)20-5-4-12-7-16-11(3)17-13(12)8-20/h6-7,10H,4-5,8H2,1-3H3,(H,18,19,21)/t10-/m1/s1. The lowest BCUT2D eigenvalue weighted by molar-refractivity contribution is -0.121. The zero-order valence-electron chi connectivity index (χ0n) is 13.0. The Morgan fingerprint density at radius 1 is 1.45 bits per heavy atom. The first-order valence-corrected chi connectivity index (χ1v) is 7.32. The van der Waals surface area contributed by atoms with Crippen molar-refractivity contribution in [1.82, 2.24) is 20.0 Å². The Kier molecular flexibility index (Phi) is 3.89. The van der Waals surface area contributed by atoms with Crippen LogP contribution in [0.1, 0.15) is 29.8 Å². The molecule has 0 aliphatic carbocycles. The quantitative estimate of drug-likeness (QED) is 0.924. The van der Waals surface area contributed by atoms with Crippen LogP contribution < -0.4 is 5.32 Å². The first-order chi connectivity index (χ1) is 10.5. The average Bonchev–Trinajstić information content (AvgIpc) is 2.90. The van der Waals surface area contributed by atoms with Crippen molar-refractivity contribution in [2.75, 3.05) is 11.9 Å². The summed E-state index contributed by atoms with van der Waals surface area (Å²) in [6, 6.07) is 1.44. The molecular weight excluding hydrogens is 282 g/mol. The van der Waals surface area contributed by atoms with Crippen LogP contribution in [-0.4, -0.2) is 38.5 Å². The molecule has 3 heterocycles. The van der Waals surface area contributed by atoms with Gasteiger partial charge in [0.25, 0.3) is 0 Å². The lowest BCUT2D eigenvalue weighted by atomic mass is 10.0. The van der Waals surface area contributed by atoms with E-state index in [1.54, 1.807) is 13.0 Å². The van der Waals surface area contributed by atoms with Crippen LogP contribution in [0.3, 0.4) is 0 Å². The van der Waals surface area contributed by atoms with Crippen molar-refractivity contribution < 1.29 is 9.32 Å². The SMILES string of the molecule is Cc1ncc2c(n1)CN([C@H](C)C(=O)Nc1cc(C)on1)CC2. The van der Waals surface area contributed by atoms with E-state index in [0.29, 0.717) is 18.1 Å². The molecule has 7 heteroatoms. The number of carbonyl (C=O) groups excluding carboxylic acids is 1. The molecule has 116 valence electrons. The highest BCUT2D eigenvalue weighted by atomic mass is 16.5. The summed E-state index contributed by atoms with van der Waals surface area (Å²) in [6.45, 7) is 7.02. The fraction of sp³-hybridized carbons (Fsp3) is 0.467. The van der Waals surface area contributed by atoms with Gasteiger partial charge in [0, 0.05) is 25.4 Å². The van der Waals surface area contributed by atoms with Crippen LogP contribution in [0.25, 0.3) is 0 Å². The predicted molar refractivity (Wildman–Crippen MR) is 80.2 cm³/mol. The normalized spacial score (nSPS) is 16.1. The van der Waals surface area contributed by atoms with E-state index in [2.05, 4.69) is 25.3 Å². The Hall–Kier alpha value is -2.28. The van der Waals surface area contributed by atoms with Gasteiger partial charge in [0.05, 0.1) is 11.7 Å². The maximum absolute atomic E-state index is 12.3. The molecule has 3 rings (SSSR count). The first kappa shape index (κ1) is 14.6. The minimum absolute atomic E-state index is 0.0949. The molecule has 0 spiro atoms. The molecule has 0 aromatic carbocycles. The molecule has 0 radical (unpaired) electrons. The van der Waals surface area contributed by atoms with Crippen LogP contribution in [0.5, 0.6) is 0 Å². The predicted octanol–water partition coefficient (Wildman–Crippen LogP) is 1.47. The smallest absolute Gasteiger partial charge is 0.242 e. The third-order valence-electron chi connectivity index (χ3n) is 3.90. The van der Waals surface area contributed by atoms with E-state index in [1.807, 2.05) is 20.0 Å². The third-order valence-corrected chi connectivity index (χ3v) is 3.90. The fourth-order valence-electron chi connectivity index (χ4n) is 2.58. The van der Waals surface area contributed by atoms with Crippen LogP contribution in [0, 0.1) is 13.8 Å². The van der Waals surface area contributed by atoms with Gasteiger partial charge in [-0.25, -0.2) is 9.97 Å². The van der Waals surface area contributed by atoms with Gasteiger partial charge < -0.3 is 9.84 Å². The minimum Gasteiger partial charge on any atom is -0.360 e. The van der Waals surface area contributed by atoms with Gasteiger partial charge in [0.1, 0.15) is 11.6 Å². The molecule has 0 bridgehead atoms. The van der Waals surface area contributed by atoms with E-state index >= 15 is 0 Å². The number of nitrogens with zero attached hydrogens (tertiary/aromatic N) is 4. The average molecular weight is 301 g/mol. The molecule has 0 saturated heterocycles. The molecule has 0 fully saturated rings. The highest BCUT2D eigenvalue weighted by Gasteiger charge is 2.26. The summed E-state index contributed by atoms with van der Waals surface area (Å²) < 4.78 is 4.95. The molecule has 22 heavy (non-hydrogen) atoms. The molecule has 1 aliphatic heterocycles. The third kappa shape index (κ3) is 2.99. The van der Waals surface area contributed by atoms with Crippen molar-refractivity contribution in [2.45, 2.75) is 39.8 Å². The molecule has 1 amide bonds. The van der Waals surface area contributed by atoms with E-state index in [0.717, 1.165) is 24.5 Å². The van der Waals surface area contributed by atoms with Crippen molar-refractivity contribution in [3.63, 3.8) is 0 Å². The number of fused-ring (bicyclic) bond motifs is 1. The zero-order chi connectivity index (χ0) is 15.7. The lowest BCUT2D eigenvalue weighted by Crippen LogP contribution is -2.44. The van der Waals surface area contributed by atoms with Crippen molar-refractivity contribution in [3.8, 4) is 0 Å². The highest BCUT2D eigenvalue weighted by molar-refractivity contribution is 5.93. The molecule has 0 saturated carbocycles. The second-order valence-electron chi connectivity index (χ2n) is 5.60. The number of aryl methyl sites for hydroxylation is 2. The number of nitrogens with one attached hydrogen (secondary N) is 1. The molecule has 1 N–H and O–H groups in total. The second-order valence-corrected chi connectivity index (χ2v) is 5.60. The first-order valence-electron chi connectivity index (χ1n) is 7.32. The van der Waals surface area contributed by atoms with E-state index in [-0.39, 0.29) is 11.9 Å². The Morgan fingerprint density at radius 3 is 3.00 bits per heavy atom. The summed E-state index contributed by atoms with van der Waals surface area (Å²) in [5.74, 6) is 1.78. The van der Waals surface area contributed by atoms with Crippen LogP contribution >= 0.6 is 0 Å². The molecule has 0 unspecified atom stereocenters. The second kappa shape index (κ2) is 5.84. The van der Waals surface area contributed by atoms with Gasteiger partial charge >= 0.3 is 0 Å². The molecule has 1 atom stereocenters. The van der Waals surface area contributed by atoms with Crippen LogP contribution in [0.2, 0.25) is 0 Å². The summed E-state index contributed by atoms with van der Waals surface area (Å²) in [5.41, 5.74) is 2.18. The molecular formula is C15H19N5O2. The van der Waals surface area contributed by atoms with E-state index in [1.165, 1.54) is 5.56 Å². The maximum atomic E-state index is 12.3. The van der Waals surface area contributed by atoms with E-state index in [9.17, 15) is 4.79 Å². The van der Waals surface area contributed by atoms with Gasteiger partial charge in [-0.15, -0.1) is 0 Å². The molecule has 1 aliphatic rings. The number of carbonyl (C=O) groups is 1. The summed E-state index contributed by atoms with van der Waals surface area (Å²) >= 11 is 0. The number of rotatable bonds is 3.